The number of carbonyl (C=O) groups is 2. The third-order valence-electron chi connectivity index (χ3n) is 5.00. The quantitative estimate of drug-likeness (QED) is 0.659. The molecule has 0 radical (unpaired) electrons. The maximum absolute atomic E-state index is 13.4. The Morgan fingerprint density at radius 3 is 2.59 bits per heavy atom. The van der Waals surface area contributed by atoms with Crippen molar-refractivity contribution in [3.63, 3.8) is 0 Å². The first-order valence-electron chi connectivity index (χ1n) is 9.51. The lowest BCUT2D eigenvalue weighted by Crippen LogP contribution is -2.56. The van der Waals surface area contributed by atoms with Crippen LogP contribution in [0.5, 0.6) is 0 Å². The zero-order valence-electron chi connectivity index (χ0n) is 16.1. The molecule has 1 aromatic heterocycles. The summed E-state index contributed by atoms with van der Waals surface area (Å²) in [7, 11) is -4.28. The molecule has 0 bridgehead atoms. The number of sulfonamides is 1. The van der Waals surface area contributed by atoms with Crippen LogP contribution in [-0.2, 0) is 32.6 Å². The fourth-order valence-corrected chi connectivity index (χ4v) is 6.15. The molecular formula is C20H24N2O5S2. The average Bonchev–Trinajstić information content (AvgIpc) is 3.25. The summed E-state index contributed by atoms with van der Waals surface area (Å²) in [4.78, 5) is 25.4. The van der Waals surface area contributed by atoms with E-state index in [-0.39, 0.29) is 10.6 Å². The van der Waals surface area contributed by atoms with Crippen LogP contribution < -0.4 is 5.32 Å². The number of nitrogens with one attached hydrogen (secondary N) is 1. The Kier molecular flexibility index (Phi) is 6.71. The second-order valence-electron chi connectivity index (χ2n) is 6.97. The van der Waals surface area contributed by atoms with Gasteiger partial charge in [-0.05, 0) is 35.4 Å². The molecule has 0 saturated carbocycles. The highest BCUT2D eigenvalue weighted by Crippen LogP contribution is 2.27. The second kappa shape index (κ2) is 9.06. The van der Waals surface area contributed by atoms with Gasteiger partial charge in [-0.3, -0.25) is 4.79 Å². The van der Waals surface area contributed by atoms with Crippen molar-refractivity contribution in [1.82, 2.24) is 9.62 Å². The summed E-state index contributed by atoms with van der Waals surface area (Å²) >= 11 is 0.969. The van der Waals surface area contributed by atoms with Crippen molar-refractivity contribution in [2.45, 2.75) is 55.4 Å². The Morgan fingerprint density at radius 1 is 1.24 bits per heavy atom. The zero-order valence-corrected chi connectivity index (χ0v) is 17.7. The molecule has 9 heteroatoms. The molecule has 1 amide bonds. The number of hydrogen-bond acceptors (Lipinski definition) is 6. The van der Waals surface area contributed by atoms with Gasteiger partial charge in [-0.15, -0.1) is 11.3 Å². The van der Waals surface area contributed by atoms with Crippen molar-refractivity contribution in [3.8, 4) is 0 Å². The van der Waals surface area contributed by atoms with E-state index < -0.39 is 34.0 Å². The third-order valence-corrected chi connectivity index (χ3v) is 8.18. The van der Waals surface area contributed by atoms with Gasteiger partial charge < -0.3 is 10.4 Å². The smallest absolute Gasteiger partial charge is 0.327 e. The van der Waals surface area contributed by atoms with Crippen molar-refractivity contribution in [1.29, 1.82) is 0 Å². The summed E-state index contributed by atoms with van der Waals surface area (Å²) in [6.07, 6.45) is 1.58. The van der Waals surface area contributed by atoms with Gasteiger partial charge in [-0.1, -0.05) is 50.1 Å². The number of benzene rings is 1. The summed E-state index contributed by atoms with van der Waals surface area (Å²) in [5.74, 6) is -2.04. The Balaban J connectivity index is 1.98. The standard InChI is InChI=1S/C20H24N2O5S2/c1-2-3-9-17(20(24)25)22(29(26,27)18-10-6-11-28-18)19(23)16-12-14-7-4-5-8-15(14)13-21-16/h4-8,10-11,16-17,21H,2-3,9,12-13H2,1H3,(H,24,25)/t16-,17-/m0/s1. The second-order valence-corrected chi connectivity index (χ2v) is 9.96. The maximum atomic E-state index is 13.4. The number of hydrogen-bond donors (Lipinski definition) is 2. The molecule has 1 aliphatic rings. The first-order valence-corrected chi connectivity index (χ1v) is 11.8. The van der Waals surface area contributed by atoms with Gasteiger partial charge in [0.1, 0.15) is 10.3 Å². The molecule has 156 valence electrons. The van der Waals surface area contributed by atoms with Gasteiger partial charge in [0.15, 0.2) is 0 Å². The minimum atomic E-state index is -4.28. The van der Waals surface area contributed by atoms with E-state index in [9.17, 15) is 23.1 Å². The molecule has 7 nitrogen and oxygen atoms in total. The number of unbranched alkanes of at least 4 members (excludes halogenated alkanes) is 1. The first-order chi connectivity index (χ1) is 13.9. The minimum absolute atomic E-state index is 0.0372. The summed E-state index contributed by atoms with van der Waals surface area (Å²) in [6, 6.07) is 8.34. The molecule has 2 atom stereocenters. The number of carboxylic acid groups (broad SMARTS) is 1. The Labute approximate surface area is 174 Å². The number of carbonyl (C=O) groups excluding carboxylic acids is 1. The molecule has 29 heavy (non-hydrogen) atoms. The van der Waals surface area contributed by atoms with Crippen molar-refractivity contribution < 1.29 is 23.1 Å². The summed E-state index contributed by atoms with van der Waals surface area (Å²) in [5, 5.41) is 14.4. The van der Waals surface area contributed by atoms with Crippen LogP contribution in [0.4, 0.5) is 0 Å². The number of rotatable bonds is 8. The number of thiophene rings is 1. The van der Waals surface area contributed by atoms with Crippen LogP contribution in [0.1, 0.15) is 37.3 Å². The van der Waals surface area contributed by atoms with E-state index in [1.165, 1.54) is 6.07 Å². The Bertz CT molecular complexity index is 973. The van der Waals surface area contributed by atoms with Crippen LogP contribution in [0.3, 0.4) is 0 Å². The number of fused-ring (bicyclic) bond motifs is 1. The fraction of sp³-hybridized carbons (Fsp3) is 0.400. The molecule has 0 saturated heterocycles. The molecule has 2 aromatic rings. The van der Waals surface area contributed by atoms with E-state index in [1.54, 1.807) is 11.4 Å². The molecule has 2 N–H and O–H groups in total. The SMILES string of the molecule is CCCC[C@@H](C(=O)O)N(C(=O)[C@@H]1Cc2ccccc2CN1)S(=O)(=O)c1cccs1. The Hall–Kier alpha value is -2.23. The average molecular weight is 437 g/mol. The molecule has 2 heterocycles. The molecular weight excluding hydrogens is 412 g/mol. The monoisotopic (exact) mass is 436 g/mol. The van der Waals surface area contributed by atoms with Crippen molar-refractivity contribution >= 4 is 33.2 Å². The van der Waals surface area contributed by atoms with Crippen LogP contribution in [0.15, 0.2) is 46.0 Å². The Morgan fingerprint density at radius 2 is 1.97 bits per heavy atom. The van der Waals surface area contributed by atoms with Crippen LogP contribution in [0.25, 0.3) is 0 Å². The van der Waals surface area contributed by atoms with E-state index >= 15 is 0 Å². The highest BCUT2D eigenvalue weighted by Gasteiger charge is 2.43. The topological polar surface area (TPSA) is 104 Å². The van der Waals surface area contributed by atoms with E-state index in [0.29, 0.717) is 30.1 Å². The van der Waals surface area contributed by atoms with Gasteiger partial charge in [-0.2, -0.15) is 0 Å². The van der Waals surface area contributed by atoms with Crippen LogP contribution >= 0.6 is 11.3 Å². The molecule has 3 rings (SSSR count). The van der Waals surface area contributed by atoms with Gasteiger partial charge in [0.25, 0.3) is 15.9 Å². The fourth-order valence-electron chi connectivity index (χ4n) is 3.47. The molecule has 0 fully saturated rings. The molecule has 0 aliphatic carbocycles. The number of nitrogens with zero attached hydrogens (tertiary/aromatic N) is 1. The van der Waals surface area contributed by atoms with Gasteiger partial charge in [0.05, 0.1) is 6.04 Å². The van der Waals surface area contributed by atoms with Crippen molar-refractivity contribution in [2.24, 2.45) is 0 Å². The molecule has 0 spiro atoms. The minimum Gasteiger partial charge on any atom is -0.480 e. The van der Waals surface area contributed by atoms with E-state index in [1.807, 2.05) is 31.2 Å². The first kappa shape index (κ1) is 21.5. The van der Waals surface area contributed by atoms with Gasteiger partial charge in [-0.25, -0.2) is 17.5 Å². The van der Waals surface area contributed by atoms with Crippen LogP contribution in [-0.4, -0.2) is 41.8 Å². The van der Waals surface area contributed by atoms with Crippen LogP contribution in [0, 0.1) is 0 Å². The molecule has 1 aliphatic heterocycles. The van der Waals surface area contributed by atoms with Gasteiger partial charge in [0, 0.05) is 6.54 Å². The maximum Gasteiger partial charge on any atom is 0.327 e. The summed E-state index contributed by atoms with van der Waals surface area (Å²) in [6.45, 7) is 2.31. The lowest BCUT2D eigenvalue weighted by Gasteiger charge is -2.33. The lowest BCUT2D eigenvalue weighted by molar-refractivity contribution is -0.147. The van der Waals surface area contributed by atoms with E-state index in [0.717, 1.165) is 22.5 Å². The van der Waals surface area contributed by atoms with Crippen molar-refractivity contribution in [3.05, 3.63) is 52.9 Å². The predicted octanol–water partition coefficient (Wildman–Crippen LogP) is 2.62. The third kappa shape index (κ3) is 4.52. The summed E-state index contributed by atoms with van der Waals surface area (Å²) < 4.78 is 27.1. The largest absolute Gasteiger partial charge is 0.480 e. The number of aliphatic carboxylic acids is 1. The van der Waals surface area contributed by atoms with Gasteiger partial charge >= 0.3 is 5.97 Å². The van der Waals surface area contributed by atoms with Gasteiger partial charge in [0.2, 0.25) is 0 Å². The van der Waals surface area contributed by atoms with E-state index in [4.69, 9.17) is 0 Å². The number of carboxylic acids is 1. The normalized spacial score (nSPS) is 17.3. The zero-order chi connectivity index (χ0) is 21.0. The number of amides is 1. The van der Waals surface area contributed by atoms with E-state index in [2.05, 4.69) is 5.32 Å². The predicted molar refractivity (Wildman–Crippen MR) is 110 cm³/mol. The highest BCUT2D eigenvalue weighted by atomic mass is 32.2. The molecule has 0 unspecified atom stereocenters. The highest BCUT2D eigenvalue weighted by molar-refractivity contribution is 7.91. The molecule has 1 aromatic carbocycles. The lowest BCUT2D eigenvalue weighted by atomic mass is 9.95. The van der Waals surface area contributed by atoms with Crippen molar-refractivity contribution in [2.75, 3.05) is 0 Å². The van der Waals surface area contributed by atoms with Crippen LogP contribution in [0.2, 0.25) is 0 Å². The summed E-state index contributed by atoms with van der Waals surface area (Å²) in [5.41, 5.74) is 2.00.